The van der Waals surface area contributed by atoms with Gasteiger partial charge in [0.15, 0.2) is 11.5 Å². The van der Waals surface area contributed by atoms with Crippen LogP contribution in [-0.4, -0.2) is 68.4 Å². The number of piperazine rings is 1. The van der Waals surface area contributed by atoms with Crippen LogP contribution >= 0.6 is 0 Å². The molecule has 1 aliphatic heterocycles. The van der Waals surface area contributed by atoms with Gasteiger partial charge in [-0.15, -0.1) is 0 Å². The summed E-state index contributed by atoms with van der Waals surface area (Å²) in [6, 6.07) is 5.27. The van der Waals surface area contributed by atoms with E-state index in [-0.39, 0.29) is 6.54 Å². The van der Waals surface area contributed by atoms with Crippen LogP contribution in [0.3, 0.4) is 0 Å². The average molecular weight is 335 g/mol. The van der Waals surface area contributed by atoms with Crippen LogP contribution in [0.5, 0.6) is 11.5 Å². The Kier molecular flexibility index (Phi) is 6.00. The van der Waals surface area contributed by atoms with Crippen molar-refractivity contribution in [1.82, 2.24) is 15.1 Å². The molecule has 2 rings (SSSR count). The minimum atomic E-state index is -0.663. The predicted molar refractivity (Wildman–Crippen MR) is 85.6 cm³/mol. The zero-order chi connectivity index (χ0) is 17.5. The number of ether oxygens (including phenoxy) is 2. The second-order valence-corrected chi connectivity index (χ2v) is 5.31. The lowest BCUT2D eigenvalue weighted by atomic mass is 10.2. The van der Waals surface area contributed by atoms with Crippen molar-refractivity contribution in [2.45, 2.75) is 6.54 Å². The minimum Gasteiger partial charge on any atom is -0.493 e. The summed E-state index contributed by atoms with van der Waals surface area (Å²) in [7, 11) is 3.07. The standard InChI is InChI=1S/C16H21N3O5/c1-23-13-4-3-12(9-14(13)24-2)10-17-15(21)16(22)19-7-5-18(11-20)6-8-19/h3-4,9,11H,5-8,10H2,1-2H3,(H,17,21). The monoisotopic (exact) mass is 335 g/mol. The predicted octanol–water partition coefficient (Wildman–Crippen LogP) is -0.379. The van der Waals surface area contributed by atoms with Crippen molar-refractivity contribution in [3.63, 3.8) is 0 Å². The number of benzene rings is 1. The van der Waals surface area contributed by atoms with Crippen LogP contribution in [0.4, 0.5) is 0 Å². The van der Waals surface area contributed by atoms with E-state index in [1.54, 1.807) is 30.2 Å². The van der Waals surface area contributed by atoms with Crippen molar-refractivity contribution >= 4 is 18.2 Å². The lowest BCUT2D eigenvalue weighted by molar-refractivity contribution is -0.147. The molecular formula is C16H21N3O5. The second-order valence-electron chi connectivity index (χ2n) is 5.31. The fourth-order valence-electron chi connectivity index (χ4n) is 2.42. The Labute approximate surface area is 140 Å². The van der Waals surface area contributed by atoms with Gasteiger partial charge in [0.1, 0.15) is 0 Å². The molecule has 8 nitrogen and oxygen atoms in total. The highest BCUT2D eigenvalue weighted by molar-refractivity contribution is 6.35. The zero-order valence-electron chi connectivity index (χ0n) is 13.8. The first-order valence-electron chi connectivity index (χ1n) is 7.56. The SMILES string of the molecule is COc1ccc(CNC(=O)C(=O)N2CCN(C=O)CC2)cc1OC. The van der Waals surface area contributed by atoms with Gasteiger partial charge < -0.3 is 24.6 Å². The number of hydrogen-bond acceptors (Lipinski definition) is 5. The van der Waals surface area contributed by atoms with Gasteiger partial charge in [-0.05, 0) is 17.7 Å². The lowest BCUT2D eigenvalue weighted by Gasteiger charge is -2.31. The molecule has 130 valence electrons. The van der Waals surface area contributed by atoms with Crippen LogP contribution in [0, 0.1) is 0 Å². The van der Waals surface area contributed by atoms with E-state index < -0.39 is 11.8 Å². The van der Waals surface area contributed by atoms with E-state index in [1.165, 1.54) is 12.0 Å². The number of nitrogens with one attached hydrogen (secondary N) is 1. The quantitative estimate of drug-likeness (QED) is 0.585. The first-order valence-corrected chi connectivity index (χ1v) is 7.56. The van der Waals surface area contributed by atoms with E-state index in [0.717, 1.165) is 12.0 Å². The Morgan fingerprint density at radius 1 is 1.12 bits per heavy atom. The van der Waals surface area contributed by atoms with E-state index >= 15 is 0 Å². The topological polar surface area (TPSA) is 88.2 Å². The zero-order valence-corrected chi connectivity index (χ0v) is 13.8. The Bertz CT molecular complexity index is 612. The van der Waals surface area contributed by atoms with Crippen molar-refractivity contribution in [3.8, 4) is 11.5 Å². The molecule has 0 spiro atoms. The largest absolute Gasteiger partial charge is 0.493 e. The smallest absolute Gasteiger partial charge is 0.312 e. The third kappa shape index (κ3) is 4.15. The van der Waals surface area contributed by atoms with Crippen LogP contribution < -0.4 is 14.8 Å². The molecule has 0 atom stereocenters. The lowest BCUT2D eigenvalue weighted by Crippen LogP contribution is -2.52. The molecule has 24 heavy (non-hydrogen) atoms. The third-order valence-corrected chi connectivity index (χ3v) is 3.85. The Balaban J connectivity index is 1.88. The van der Waals surface area contributed by atoms with Gasteiger partial charge in [-0.25, -0.2) is 0 Å². The number of methoxy groups -OCH3 is 2. The average Bonchev–Trinajstić information content (AvgIpc) is 2.65. The Morgan fingerprint density at radius 2 is 1.79 bits per heavy atom. The molecule has 0 aliphatic carbocycles. The summed E-state index contributed by atoms with van der Waals surface area (Å²) in [6.45, 7) is 1.82. The van der Waals surface area contributed by atoms with Crippen LogP contribution in [0.2, 0.25) is 0 Å². The molecule has 1 aromatic carbocycles. The first-order chi connectivity index (χ1) is 11.6. The normalized spacial score (nSPS) is 14.1. The molecule has 0 bridgehead atoms. The van der Waals surface area contributed by atoms with Gasteiger partial charge >= 0.3 is 11.8 Å². The van der Waals surface area contributed by atoms with E-state index in [1.807, 2.05) is 0 Å². The number of carbonyl (C=O) groups is 3. The molecule has 8 heteroatoms. The summed E-state index contributed by atoms with van der Waals surface area (Å²) in [4.78, 5) is 37.8. The van der Waals surface area contributed by atoms with Crippen LogP contribution in [-0.2, 0) is 20.9 Å². The van der Waals surface area contributed by atoms with E-state index in [2.05, 4.69) is 5.32 Å². The Morgan fingerprint density at radius 3 is 2.38 bits per heavy atom. The summed E-state index contributed by atoms with van der Waals surface area (Å²) < 4.78 is 10.4. The van der Waals surface area contributed by atoms with Crippen LogP contribution in [0.1, 0.15) is 5.56 Å². The molecule has 0 radical (unpaired) electrons. The molecule has 1 heterocycles. The highest BCUT2D eigenvalue weighted by Crippen LogP contribution is 2.27. The maximum Gasteiger partial charge on any atom is 0.312 e. The van der Waals surface area contributed by atoms with Crippen LogP contribution in [0.25, 0.3) is 0 Å². The van der Waals surface area contributed by atoms with E-state index in [4.69, 9.17) is 9.47 Å². The number of nitrogens with zero attached hydrogens (tertiary/aromatic N) is 2. The molecule has 1 N–H and O–H groups in total. The van der Waals surface area contributed by atoms with Gasteiger partial charge in [0, 0.05) is 32.7 Å². The van der Waals surface area contributed by atoms with Crippen molar-refractivity contribution in [1.29, 1.82) is 0 Å². The van der Waals surface area contributed by atoms with E-state index in [0.29, 0.717) is 37.7 Å². The van der Waals surface area contributed by atoms with Crippen molar-refractivity contribution in [2.75, 3.05) is 40.4 Å². The molecule has 0 unspecified atom stereocenters. The number of amides is 3. The summed E-state index contributed by atoms with van der Waals surface area (Å²) in [6.07, 6.45) is 0.749. The fraction of sp³-hybridized carbons (Fsp3) is 0.438. The maximum atomic E-state index is 12.1. The van der Waals surface area contributed by atoms with Gasteiger partial charge in [0.05, 0.1) is 14.2 Å². The fourth-order valence-corrected chi connectivity index (χ4v) is 2.42. The van der Waals surface area contributed by atoms with Gasteiger partial charge in [-0.1, -0.05) is 6.07 Å². The summed E-state index contributed by atoms with van der Waals surface area (Å²) in [5, 5.41) is 2.60. The van der Waals surface area contributed by atoms with Crippen LogP contribution in [0.15, 0.2) is 18.2 Å². The van der Waals surface area contributed by atoms with Crippen molar-refractivity contribution in [2.24, 2.45) is 0 Å². The summed E-state index contributed by atoms with van der Waals surface area (Å²) >= 11 is 0. The van der Waals surface area contributed by atoms with Gasteiger partial charge in [0.2, 0.25) is 6.41 Å². The molecular weight excluding hydrogens is 314 g/mol. The molecule has 1 aromatic rings. The Hall–Kier alpha value is -2.77. The van der Waals surface area contributed by atoms with Crippen molar-refractivity contribution < 1.29 is 23.9 Å². The summed E-state index contributed by atoms with van der Waals surface area (Å²) in [5.74, 6) is -0.0948. The molecule has 0 saturated carbocycles. The highest BCUT2D eigenvalue weighted by atomic mass is 16.5. The highest BCUT2D eigenvalue weighted by Gasteiger charge is 2.25. The van der Waals surface area contributed by atoms with Gasteiger partial charge in [-0.3, -0.25) is 14.4 Å². The molecule has 1 saturated heterocycles. The van der Waals surface area contributed by atoms with Gasteiger partial charge in [0.25, 0.3) is 0 Å². The molecule has 1 aliphatic rings. The number of carbonyl (C=O) groups excluding carboxylic acids is 3. The molecule has 3 amide bonds. The van der Waals surface area contributed by atoms with Gasteiger partial charge in [-0.2, -0.15) is 0 Å². The first kappa shape index (κ1) is 17.6. The minimum absolute atomic E-state index is 0.208. The summed E-state index contributed by atoms with van der Waals surface area (Å²) in [5.41, 5.74) is 0.791. The van der Waals surface area contributed by atoms with E-state index in [9.17, 15) is 14.4 Å². The van der Waals surface area contributed by atoms with Crippen molar-refractivity contribution in [3.05, 3.63) is 23.8 Å². The molecule has 1 fully saturated rings. The number of hydrogen-bond donors (Lipinski definition) is 1. The maximum absolute atomic E-state index is 12.1. The third-order valence-electron chi connectivity index (χ3n) is 3.85. The molecule has 0 aromatic heterocycles. The second kappa shape index (κ2) is 8.19. The number of rotatable bonds is 5.